The number of rotatable bonds is 7. The van der Waals surface area contributed by atoms with Crippen LogP contribution in [0.2, 0.25) is 0 Å². The van der Waals surface area contributed by atoms with Crippen molar-refractivity contribution in [3.63, 3.8) is 0 Å². The van der Waals surface area contributed by atoms with Crippen molar-refractivity contribution in [2.45, 2.75) is 39.5 Å². The molecule has 0 amide bonds. The maximum atomic E-state index is 12.1. The predicted molar refractivity (Wildman–Crippen MR) is 109 cm³/mol. The predicted octanol–water partition coefficient (Wildman–Crippen LogP) is 3.30. The van der Waals surface area contributed by atoms with Crippen LogP contribution in [0.4, 0.5) is 8.78 Å². The van der Waals surface area contributed by atoms with E-state index in [4.69, 9.17) is 0 Å². The molecule has 0 saturated carbocycles. The van der Waals surface area contributed by atoms with Gasteiger partial charge < -0.3 is 20.3 Å². The largest absolute Gasteiger partial charge is 0.435 e. The molecular formula is C17H29F2IN4O. The van der Waals surface area contributed by atoms with Gasteiger partial charge in [-0.15, -0.1) is 24.0 Å². The van der Waals surface area contributed by atoms with Crippen LogP contribution in [0.1, 0.15) is 26.3 Å². The second-order valence-electron chi connectivity index (χ2n) is 6.53. The smallest absolute Gasteiger partial charge is 0.387 e. The summed E-state index contributed by atoms with van der Waals surface area (Å²) in [6.45, 7) is 5.76. The molecule has 0 bridgehead atoms. The fourth-order valence-electron chi connectivity index (χ4n) is 2.12. The molecule has 1 aromatic carbocycles. The van der Waals surface area contributed by atoms with Crippen molar-refractivity contribution >= 4 is 29.9 Å². The Kier molecular flexibility index (Phi) is 10.9. The number of nitrogens with zero attached hydrogens (tertiary/aromatic N) is 2. The first-order valence-electron chi connectivity index (χ1n) is 7.92. The van der Waals surface area contributed by atoms with Crippen molar-refractivity contribution in [2.24, 2.45) is 4.99 Å². The van der Waals surface area contributed by atoms with E-state index >= 15 is 0 Å². The summed E-state index contributed by atoms with van der Waals surface area (Å²) in [5.41, 5.74) is 1.06. The number of guanidine groups is 1. The Balaban J connectivity index is 0.00000576. The number of hydrogen-bond donors (Lipinski definition) is 2. The molecule has 5 nitrogen and oxygen atoms in total. The lowest BCUT2D eigenvalue weighted by atomic mass is 10.1. The van der Waals surface area contributed by atoms with Gasteiger partial charge in [0.2, 0.25) is 0 Å². The molecule has 0 aliphatic carbocycles. The van der Waals surface area contributed by atoms with Gasteiger partial charge >= 0.3 is 6.61 Å². The van der Waals surface area contributed by atoms with Crippen LogP contribution in [0.25, 0.3) is 0 Å². The van der Waals surface area contributed by atoms with Gasteiger partial charge in [-0.3, -0.25) is 4.99 Å². The van der Waals surface area contributed by atoms with Crippen LogP contribution in [-0.4, -0.2) is 50.2 Å². The Bertz CT molecular complexity index is 518. The second-order valence-corrected chi connectivity index (χ2v) is 6.53. The van der Waals surface area contributed by atoms with E-state index in [1.807, 2.05) is 11.9 Å². The first kappa shape index (κ1) is 23.8. The van der Waals surface area contributed by atoms with E-state index in [2.05, 4.69) is 41.1 Å². The Morgan fingerprint density at radius 1 is 1.20 bits per heavy atom. The summed E-state index contributed by atoms with van der Waals surface area (Å²) in [7, 11) is 3.66. The molecule has 0 unspecified atom stereocenters. The van der Waals surface area contributed by atoms with Crippen molar-refractivity contribution in [1.82, 2.24) is 15.5 Å². The molecule has 0 heterocycles. The highest BCUT2D eigenvalue weighted by Crippen LogP contribution is 2.15. The molecule has 0 aliphatic heterocycles. The van der Waals surface area contributed by atoms with Crippen LogP contribution in [0, 0.1) is 0 Å². The molecule has 0 aromatic heterocycles. The zero-order valence-corrected chi connectivity index (χ0v) is 17.8. The molecule has 2 N–H and O–H groups in total. The van der Waals surface area contributed by atoms with E-state index in [1.165, 1.54) is 0 Å². The highest BCUT2D eigenvalue weighted by atomic mass is 127. The van der Waals surface area contributed by atoms with Gasteiger partial charge in [-0.2, -0.15) is 8.78 Å². The zero-order chi connectivity index (χ0) is 18.2. The summed E-state index contributed by atoms with van der Waals surface area (Å²) in [6, 6.07) is 6.61. The maximum Gasteiger partial charge on any atom is 0.387 e. The van der Waals surface area contributed by atoms with Crippen molar-refractivity contribution in [1.29, 1.82) is 0 Å². The molecule has 25 heavy (non-hydrogen) atoms. The lowest BCUT2D eigenvalue weighted by Gasteiger charge is -2.24. The van der Waals surface area contributed by atoms with Gasteiger partial charge in [-0.1, -0.05) is 12.1 Å². The van der Waals surface area contributed by atoms with Gasteiger partial charge in [0.15, 0.2) is 5.96 Å². The third-order valence-corrected chi connectivity index (χ3v) is 3.21. The molecule has 8 heteroatoms. The summed E-state index contributed by atoms with van der Waals surface area (Å²) in [5, 5.41) is 6.69. The quantitative estimate of drug-likeness (QED) is 0.278. The molecule has 0 fully saturated rings. The van der Waals surface area contributed by atoms with Gasteiger partial charge in [0.05, 0.1) is 0 Å². The number of halogens is 3. The van der Waals surface area contributed by atoms with E-state index in [0.717, 1.165) is 24.6 Å². The lowest BCUT2D eigenvalue weighted by molar-refractivity contribution is -0.0498. The number of nitrogens with one attached hydrogen (secondary N) is 2. The Hall–Kier alpha value is -1.16. The average Bonchev–Trinajstić information content (AvgIpc) is 2.47. The molecule has 144 valence electrons. The molecule has 1 rings (SSSR count). The molecule has 0 atom stereocenters. The van der Waals surface area contributed by atoms with E-state index in [1.54, 1.807) is 31.3 Å². The van der Waals surface area contributed by atoms with Crippen molar-refractivity contribution in [3.8, 4) is 5.75 Å². The van der Waals surface area contributed by atoms with Crippen LogP contribution < -0.4 is 15.4 Å². The lowest BCUT2D eigenvalue weighted by Crippen LogP contribution is -2.44. The normalized spacial score (nSPS) is 11.9. The van der Waals surface area contributed by atoms with Gasteiger partial charge in [-0.05, 0) is 38.5 Å². The van der Waals surface area contributed by atoms with Crippen LogP contribution in [0.3, 0.4) is 0 Å². The minimum absolute atomic E-state index is 0. The Morgan fingerprint density at radius 3 is 2.28 bits per heavy atom. The van der Waals surface area contributed by atoms with Gasteiger partial charge in [0, 0.05) is 39.3 Å². The van der Waals surface area contributed by atoms with Crippen molar-refractivity contribution < 1.29 is 13.5 Å². The fourth-order valence-corrected chi connectivity index (χ4v) is 2.12. The zero-order valence-electron chi connectivity index (χ0n) is 15.5. The number of alkyl halides is 2. The Morgan fingerprint density at radius 2 is 1.80 bits per heavy atom. The van der Waals surface area contributed by atoms with Crippen LogP contribution in [0.5, 0.6) is 5.75 Å². The van der Waals surface area contributed by atoms with Crippen LogP contribution >= 0.6 is 24.0 Å². The third kappa shape index (κ3) is 10.4. The number of benzene rings is 1. The fraction of sp³-hybridized carbons (Fsp3) is 0.588. The highest BCUT2D eigenvalue weighted by molar-refractivity contribution is 14.0. The van der Waals surface area contributed by atoms with Crippen LogP contribution in [-0.2, 0) is 6.54 Å². The molecular weight excluding hydrogens is 441 g/mol. The van der Waals surface area contributed by atoms with Crippen LogP contribution in [0.15, 0.2) is 29.3 Å². The first-order chi connectivity index (χ1) is 11.2. The number of hydrogen-bond acceptors (Lipinski definition) is 3. The molecule has 0 aliphatic rings. The van der Waals surface area contributed by atoms with E-state index in [9.17, 15) is 8.78 Å². The third-order valence-electron chi connectivity index (χ3n) is 3.21. The van der Waals surface area contributed by atoms with E-state index < -0.39 is 6.61 Å². The minimum atomic E-state index is -2.80. The molecule has 0 spiro atoms. The van der Waals surface area contributed by atoms with Gasteiger partial charge in [0.1, 0.15) is 5.75 Å². The summed E-state index contributed by atoms with van der Waals surface area (Å²) >= 11 is 0. The second kappa shape index (κ2) is 11.5. The van der Waals surface area contributed by atoms with Crippen molar-refractivity contribution in [2.75, 3.05) is 27.2 Å². The van der Waals surface area contributed by atoms with Crippen molar-refractivity contribution in [3.05, 3.63) is 29.8 Å². The average molecular weight is 470 g/mol. The monoisotopic (exact) mass is 470 g/mol. The molecule has 0 saturated heterocycles. The summed E-state index contributed by atoms with van der Waals surface area (Å²) < 4.78 is 28.6. The first-order valence-corrected chi connectivity index (χ1v) is 7.92. The Labute approximate surface area is 166 Å². The minimum Gasteiger partial charge on any atom is -0.435 e. The number of aliphatic imine (C=N–C) groups is 1. The van der Waals surface area contributed by atoms with E-state index in [-0.39, 0.29) is 35.3 Å². The summed E-state index contributed by atoms with van der Waals surface area (Å²) in [4.78, 5) is 6.23. The highest BCUT2D eigenvalue weighted by Gasteiger charge is 2.10. The SMILES string of the molecule is CN=C(NCCNC(C)(C)C)N(C)Cc1ccc(OC(F)F)cc1.I. The van der Waals surface area contributed by atoms with Gasteiger partial charge in [-0.25, -0.2) is 0 Å². The number of ether oxygens (including phenoxy) is 1. The van der Waals surface area contributed by atoms with Gasteiger partial charge in [0.25, 0.3) is 0 Å². The molecule has 1 aromatic rings. The molecule has 0 radical (unpaired) electrons. The standard InChI is InChI=1S/C17H28F2N4O.HI/c1-17(2,3)22-11-10-21-16(20-4)23(5)12-13-6-8-14(9-7-13)24-15(18)19;/h6-9,15,22H,10-12H2,1-5H3,(H,20,21);1H. The summed E-state index contributed by atoms with van der Waals surface area (Å²) in [6.07, 6.45) is 0. The topological polar surface area (TPSA) is 48.9 Å². The summed E-state index contributed by atoms with van der Waals surface area (Å²) in [5.74, 6) is 0.936. The maximum absolute atomic E-state index is 12.1. The van der Waals surface area contributed by atoms with E-state index in [0.29, 0.717) is 6.54 Å².